The fourth-order valence-corrected chi connectivity index (χ4v) is 2.18. The molecule has 0 fully saturated rings. The van der Waals surface area contributed by atoms with E-state index in [1.807, 2.05) is 0 Å². The molecule has 0 aliphatic heterocycles. The van der Waals surface area contributed by atoms with Crippen LogP contribution in [-0.2, 0) is 15.1 Å². The second-order valence-electron chi connectivity index (χ2n) is 4.97. The van der Waals surface area contributed by atoms with Gasteiger partial charge in [0.15, 0.2) is 5.54 Å². The Balaban J connectivity index is 2.44. The normalized spacial score (nSPS) is 13.3. The summed E-state index contributed by atoms with van der Waals surface area (Å²) in [5.41, 5.74) is 0.548. The number of ether oxygens (including phenoxy) is 1. The van der Waals surface area contributed by atoms with Gasteiger partial charge in [-0.3, -0.25) is 4.98 Å². The molecule has 0 saturated heterocycles. The molecule has 21 heavy (non-hydrogen) atoms. The van der Waals surface area contributed by atoms with Gasteiger partial charge in [0.05, 0.1) is 12.8 Å². The van der Waals surface area contributed by atoms with Crippen LogP contribution in [0.3, 0.4) is 0 Å². The number of benzene rings is 1. The number of carbonyl (C=O) groups is 1. The van der Waals surface area contributed by atoms with E-state index in [1.165, 1.54) is 19.2 Å². The number of aromatic nitrogens is 1. The molecule has 1 N–H and O–H groups in total. The maximum atomic E-state index is 13.5. The van der Waals surface area contributed by atoms with Crippen molar-refractivity contribution in [1.29, 1.82) is 0 Å². The monoisotopic (exact) mass is 288 g/mol. The van der Waals surface area contributed by atoms with Crippen LogP contribution >= 0.6 is 0 Å². The average Bonchev–Trinajstić information content (AvgIpc) is 2.46. The number of nitrogens with zero attached hydrogens (tertiary/aromatic N) is 1. The Kier molecular flexibility index (Phi) is 4.21. The van der Waals surface area contributed by atoms with Crippen LogP contribution < -0.4 is 5.32 Å². The summed E-state index contributed by atoms with van der Waals surface area (Å²) in [4.78, 5) is 16.4. The van der Waals surface area contributed by atoms with E-state index in [9.17, 15) is 9.18 Å². The van der Waals surface area contributed by atoms with Crippen molar-refractivity contribution in [2.24, 2.45) is 0 Å². The molecule has 5 heteroatoms. The van der Waals surface area contributed by atoms with Gasteiger partial charge < -0.3 is 10.1 Å². The molecular weight excluding hydrogens is 271 g/mol. The molecule has 0 radical (unpaired) electrons. The van der Waals surface area contributed by atoms with Crippen LogP contribution in [0, 0.1) is 12.7 Å². The van der Waals surface area contributed by atoms with Gasteiger partial charge in [0.2, 0.25) is 0 Å². The predicted molar refractivity (Wildman–Crippen MR) is 78.4 cm³/mol. The summed E-state index contributed by atoms with van der Waals surface area (Å²) < 4.78 is 18.4. The van der Waals surface area contributed by atoms with Gasteiger partial charge in [0.1, 0.15) is 5.82 Å². The summed E-state index contributed by atoms with van der Waals surface area (Å²) in [6.07, 6.45) is 1.59. The number of hydrogen-bond acceptors (Lipinski definition) is 4. The SMILES string of the molecule is COC(=O)C(C)(Nc1cc(C)cc(F)c1)c1ccccn1. The summed E-state index contributed by atoms with van der Waals surface area (Å²) >= 11 is 0. The molecule has 2 rings (SSSR count). The molecule has 1 unspecified atom stereocenters. The van der Waals surface area contributed by atoms with Gasteiger partial charge >= 0.3 is 5.97 Å². The third kappa shape index (κ3) is 3.18. The van der Waals surface area contributed by atoms with E-state index in [0.29, 0.717) is 11.4 Å². The van der Waals surface area contributed by atoms with E-state index in [2.05, 4.69) is 10.3 Å². The standard InChI is InChI=1S/C16H17FN2O2/c1-11-8-12(17)10-13(9-11)19-16(2,15(20)21-3)14-6-4-5-7-18-14/h4-10,19H,1-3H3. The van der Waals surface area contributed by atoms with Gasteiger partial charge in [-0.25, -0.2) is 9.18 Å². The van der Waals surface area contributed by atoms with Crippen molar-refractivity contribution in [3.8, 4) is 0 Å². The van der Waals surface area contributed by atoms with Crippen molar-refractivity contribution in [3.63, 3.8) is 0 Å². The van der Waals surface area contributed by atoms with Crippen LogP contribution in [0.15, 0.2) is 42.6 Å². The second kappa shape index (κ2) is 5.91. The van der Waals surface area contributed by atoms with Crippen molar-refractivity contribution in [2.45, 2.75) is 19.4 Å². The van der Waals surface area contributed by atoms with E-state index in [0.717, 1.165) is 5.56 Å². The topological polar surface area (TPSA) is 51.2 Å². The predicted octanol–water partition coefficient (Wildman–Crippen LogP) is 3.03. The van der Waals surface area contributed by atoms with Gasteiger partial charge in [0, 0.05) is 11.9 Å². The lowest BCUT2D eigenvalue weighted by atomic mass is 9.96. The highest BCUT2D eigenvalue weighted by molar-refractivity contribution is 5.85. The van der Waals surface area contributed by atoms with Crippen LogP contribution in [0.4, 0.5) is 10.1 Å². The number of rotatable bonds is 4. The Labute approximate surface area is 123 Å². The Morgan fingerprint density at radius 1 is 1.33 bits per heavy atom. The molecule has 1 aromatic heterocycles. The largest absolute Gasteiger partial charge is 0.467 e. The fraction of sp³-hybridized carbons (Fsp3) is 0.250. The molecule has 0 aliphatic carbocycles. The van der Waals surface area contributed by atoms with E-state index in [1.54, 1.807) is 44.3 Å². The Morgan fingerprint density at radius 3 is 2.67 bits per heavy atom. The first-order valence-electron chi connectivity index (χ1n) is 6.51. The van der Waals surface area contributed by atoms with Gasteiger partial charge in [-0.05, 0) is 49.7 Å². The lowest BCUT2D eigenvalue weighted by Gasteiger charge is -2.28. The van der Waals surface area contributed by atoms with E-state index < -0.39 is 11.5 Å². The Bertz CT molecular complexity index is 626. The molecule has 4 nitrogen and oxygen atoms in total. The molecule has 1 aromatic carbocycles. The van der Waals surface area contributed by atoms with E-state index >= 15 is 0 Å². The van der Waals surface area contributed by atoms with Gasteiger partial charge in [-0.1, -0.05) is 6.07 Å². The minimum atomic E-state index is -1.20. The quantitative estimate of drug-likeness (QED) is 0.879. The van der Waals surface area contributed by atoms with E-state index in [-0.39, 0.29) is 5.82 Å². The molecular formula is C16H17FN2O2. The lowest BCUT2D eigenvalue weighted by molar-refractivity contribution is -0.145. The highest BCUT2D eigenvalue weighted by Crippen LogP contribution is 2.27. The van der Waals surface area contributed by atoms with Crippen LogP contribution in [-0.4, -0.2) is 18.1 Å². The molecule has 1 heterocycles. The highest BCUT2D eigenvalue weighted by atomic mass is 19.1. The number of pyridine rings is 1. The Hall–Kier alpha value is -2.43. The Morgan fingerprint density at radius 2 is 2.10 bits per heavy atom. The summed E-state index contributed by atoms with van der Waals surface area (Å²) in [7, 11) is 1.31. The molecule has 0 spiro atoms. The summed E-state index contributed by atoms with van der Waals surface area (Å²) in [6, 6.07) is 9.76. The molecule has 1 atom stereocenters. The average molecular weight is 288 g/mol. The number of esters is 1. The van der Waals surface area contributed by atoms with Gasteiger partial charge in [-0.15, -0.1) is 0 Å². The molecule has 0 saturated carbocycles. The number of nitrogens with one attached hydrogen (secondary N) is 1. The first-order chi connectivity index (χ1) is 9.95. The second-order valence-corrected chi connectivity index (χ2v) is 4.97. The van der Waals surface area contributed by atoms with Crippen LogP contribution in [0.1, 0.15) is 18.2 Å². The number of hydrogen-bond donors (Lipinski definition) is 1. The number of carbonyl (C=O) groups excluding carboxylic acids is 1. The van der Waals surface area contributed by atoms with E-state index in [4.69, 9.17) is 4.74 Å². The first kappa shape index (κ1) is 15.0. The maximum Gasteiger partial charge on any atom is 0.337 e. The molecule has 2 aromatic rings. The number of aryl methyl sites for hydroxylation is 1. The summed E-state index contributed by atoms with van der Waals surface area (Å²) in [6.45, 7) is 3.44. The zero-order chi connectivity index (χ0) is 15.5. The third-order valence-electron chi connectivity index (χ3n) is 3.21. The van der Waals surface area contributed by atoms with Crippen LogP contribution in [0.2, 0.25) is 0 Å². The zero-order valence-electron chi connectivity index (χ0n) is 12.2. The third-order valence-corrected chi connectivity index (χ3v) is 3.21. The van der Waals surface area contributed by atoms with Crippen molar-refractivity contribution in [2.75, 3.05) is 12.4 Å². The lowest BCUT2D eigenvalue weighted by Crippen LogP contribution is -2.42. The highest BCUT2D eigenvalue weighted by Gasteiger charge is 2.38. The minimum absolute atomic E-state index is 0.370. The van der Waals surface area contributed by atoms with Crippen LogP contribution in [0.5, 0.6) is 0 Å². The van der Waals surface area contributed by atoms with Crippen molar-refractivity contribution >= 4 is 11.7 Å². The number of methoxy groups -OCH3 is 1. The van der Waals surface area contributed by atoms with Gasteiger partial charge in [0.25, 0.3) is 0 Å². The first-order valence-corrected chi connectivity index (χ1v) is 6.51. The maximum absolute atomic E-state index is 13.5. The molecule has 0 amide bonds. The van der Waals surface area contributed by atoms with Crippen LogP contribution in [0.25, 0.3) is 0 Å². The van der Waals surface area contributed by atoms with Crippen molar-refractivity contribution in [1.82, 2.24) is 4.98 Å². The molecule has 0 aliphatic rings. The molecule has 110 valence electrons. The number of halogens is 1. The number of anilines is 1. The van der Waals surface area contributed by atoms with Crippen molar-refractivity contribution in [3.05, 3.63) is 59.7 Å². The summed E-state index contributed by atoms with van der Waals surface area (Å²) in [5, 5.41) is 3.03. The smallest absolute Gasteiger partial charge is 0.337 e. The molecule has 0 bridgehead atoms. The minimum Gasteiger partial charge on any atom is -0.467 e. The van der Waals surface area contributed by atoms with Crippen molar-refractivity contribution < 1.29 is 13.9 Å². The van der Waals surface area contributed by atoms with Gasteiger partial charge in [-0.2, -0.15) is 0 Å². The fourth-order valence-electron chi connectivity index (χ4n) is 2.18. The zero-order valence-corrected chi connectivity index (χ0v) is 12.2. The summed E-state index contributed by atoms with van der Waals surface area (Å²) in [5.74, 6) is -0.867.